The summed E-state index contributed by atoms with van der Waals surface area (Å²) >= 11 is 0. The van der Waals surface area contributed by atoms with Crippen LogP contribution in [-0.2, 0) is 6.42 Å². The smallest absolute Gasteiger partial charge is 0.119 e. The van der Waals surface area contributed by atoms with Crippen LogP contribution < -0.4 is 4.74 Å². The predicted molar refractivity (Wildman–Crippen MR) is 149 cm³/mol. The summed E-state index contributed by atoms with van der Waals surface area (Å²) in [5.74, 6) is 4.08. The van der Waals surface area contributed by atoms with Crippen molar-refractivity contribution in [1.29, 1.82) is 0 Å². The van der Waals surface area contributed by atoms with E-state index in [1.165, 1.54) is 121 Å². The molecule has 0 radical (unpaired) electrons. The van der Waals surface area contributed by atoms with E-state index in [-0.39, 0.29) is 0 Å². The van der Waals surface area contributed by atoms with Gasteiger partial charge in [0, 0.05) is 0 Å². The van der Waals surface area contributed by atoms with E-state index in [2.05, 4.69) is 44.2 Å². The SMILES string of the molecule is CCCCCCC1CCC(CCC2CC=C(CCc3ccc(OCCCCC)cc3)CC2)CC1. The quantitative estimate of drug-likeness (QED) is 0.174. The zero-order chi connectivity index (χ0) is 23.8. The van der Waals surface area contributed by atoms with Gasteiger partial charge in [0.25, 0.3) is 0 Å². The highest BCUT2D eigenvalue weighted by Gasteiger charge is 2.22. The van der Waals surface area contributed by atoms with Crippen LogP contribution in [0.5, 0.6) is 5.75 Å². The minimum atomic E-state index is 0.849. The number of unbranched alkanes of at least 4 members (excludes halogenated alkanes) is 5. The molecule has 0 aliphatic heterocycles. The molecular formula is C33H54O. The molecule has 1 aromatic rings. The van der Waals surface area contributed by atoms with E-state index >= 15 is 0 Å². The van der Waals surface area contributed by atoms with Gasteiger partial charge in [0.15, 0.2) is 0 Å². The number of rotatable bonds is 16. The minimum absolute atomic E-state index is 0.849. The van der Waals surface area contributed by atoms with Gasteiger partial charge in [-0.05, 0) is 80.4 Å². The summed E-state index contributed by atoms with van der Waals surface area (Å²) < 4.78 is 5.85. The summed E-state index contributed by atoms with van der Waals surface area (Å²) in [4.78, 5) is 0. The van der Waals surface area contributed by atoms with Crippen molar-refractivity contribution in [2.45, 2.75) is 136 Å². The Kier molecular flexibility index (Phi) is 13.2. The fourth-order valence-electron chi connectivity index (χ4n) is 6.17. The highest BCUT2D eigenvalue weighted by atomic mass is 16.5. The van der Waals surface area contributed by atoms with Gasteiger partial charge in [-0.3, -0.25) is 0 Å². The van der Waals surface area contributed by atoms with Gasteiger partial charge >= 0.3 is 0 Å². The maximum Gasteiger partial charge on any atom is 0.119 e. The summed E-state index contributed by atoms with van der Waals surface area (Å²) in [5, 5.41) is 0. The molecule has 34 heavy (non-hydrogen) atoms. The van der Waals surface area contributed by atoms with Crippen LogP contribution in [0.25, 0.3) is 0 Å². The zero-order valence-corrected chi connectivity index (χ0v) is 22.7. The monoisotopic (exact) mass is 466 g/mol. The second-order valence-electron chi connectivity index (χ2n) is 11.5. The van der Waals surface area contributed by atoms with Crippen molar-refractivity contribution in [3.05, 3.63) is 41.5 Å². The predicted octanol–water partition coefficient (Wildman–Crippen LogP) is 10.5. The van der Waals surface area contributed by atoms with E-state index in [1.54, 1.807) is 5.57 Å². The number of ether oxygens (including phenoxy) is 1. The highest BCUT2D eigenvalue weighted by molar-refractivity contribution is 5.28. The molecule has 0 spiro atoms. The Morgan fingerprint density at radius 3 is 2.03 bits per heavy atom. The lowest BCUT2D eigenvalue weighted by atomic mass is 9.76. The van der Waals surface area contributed by atoms with Crippen LogP contribution in [-0.4, -0.2) is 6.61 Å². The van der Waals surface area contributed by atoms with Crippen LogP contribution in [0.1, 0.15) is 135 Å². The number of hydrogen-bond donors (Lipinski definition) is 0. The normalized spacial score (nSPS) is 23.0. The molecule has 1 heteroatoms. The lowest BCUT2D eigenvalue weighted by Crippen LogP contribution is -2.16. The van der Waals surface area contributed by atoms with Crippen molar-refractivity contribution in [1.82, 2.24) is 0 Å². The van der Waals surface area contributed by atoms with Gasteiger partial charge in [0.1, 0.15) is 5.75 Å². The molecule has 1 nitrogen and oxygen atoms in total. The van der Waals surface area contributed by atoms with Crippen LogP contribution in [0.15, 0.2) is 35.9 Å². The van der Waals surface area contributed by atoms with Crippen molar-refractivity contribution in [3.63, 3.8) is 0 Å². The van der Waals surface area contributed by atoms with Gasteiger partial charge in [0.05, 0.1) is 6.61 Å². The highest BCUT2D eigenvalue weighted by Crippen LogP contribution is 2.37. The first kappa shape index (κ1) is 27.3. The first-order chi connectivity index (χ1) is 16.8. The average molecular weight is 467 g/mol. The maximum absolute atomic E-state index is 5.85. The third-order valence-electron chi connectivity index (χ3n) is 8.70. The van der Waals surface area contributed by atoms with Crippen molar-refractivity contribution in [2.24, 2.45) is 17.8 Å². The van der Waals surface area contributed by atoms with Gasteiger partial charge in [-0.2, -0.15) is 0 Å². The molecule has 2 aliphatic carbocycles. The molecule has 1 unspecified atom stereocenters. The van der Waals surface area contributed by atoms with Crippen LogP contribution >= 0.6 is 0 Å². The van der Waals surface area contributed by atoms with E-state index in [0.717, 1.165) is 36.5 Å². The van der Waals surface area contributed by atoms with Gasteiger partial charge in [-0.1, -0.05) is 115 Å². The molecule has 0 N–H and O–H groups in total. The standard InChI is InChI=1S/C33H54O/c1-3-5-7-8-10-28-11-13-29(14-12-28)15-16-30-17-19-31(20-18-30)21-22-32-23-25-33(26-24-32)34-27-9-6-4-2/h19,23-26,28-30H,3-18,20-22,27H2,1-2H3. The summed E-state index contributed by atoms with van der Waals surface area (Å²) in [6.45, 7) is 5.40. The van der Waals surface area contributed by atoms with Crippen LogP contribution in [0, 0.1) is 17.8 Å². The molecule has 1 atom stereocenters. The van der Waals surface area contributed by atoms with Crippen molar-refractivity contribution < 1.29 is 4.74 Å². The molecule has 3 rings (SSSR count). The van der Waals surface area contributed by atoms with E-state index in [4.69, 9.17) is 4.74 Å². The molecule has 2 aliphatic rings. The number of allylic oxidation sites excluding steroid dienone is 2. The Labute approximate surface area is 212 Å². The molecule has 1 saturated carbocycles. The molecule has 1 fully saturated rings. The summed E-state index contributed by atoms with van der Waals surface area (Å²) in [5.41, 5.74) is 3.16. The van der Waals surface area contributed by atoms with E-state index in [0.29, 0.717) is 0 Å². The molecule has 192 valence electrons. The Bertz CT molecular complexity index is 664. The van der Waals surface area contributed by atoms with Gasteiger partial charge < -0.3 is 4.74 Å². The van der Waals surface area contributed by atoms with E-state index in [9.17, 15) is 0 Å². The summed E-state index contributed by atoms with van der Waals surface area (Å²) in [7, 11) is 0. The van der Waals surface area contributed by atoms with Crippen LogP contribution in [0.2, 0.25) is 0 Å². The fourth-order valence-corrected chi connectivity index (χ4v) is 6.17. The van der Waals surface area contributed by atoms with Crippen molar-refractivity contribution in [3.8, 4) is 5.75 Å². The molecule has 1 aromatic carbocycles. The second kappa shape index (κ2) is 16.4. The Morgan fingerprint density at radius 1 is 0.676 bits per heavy atom. The number of hydrogen-bond acceptors (Lipinski definition) is 1. The maximum atomic E-state index is 5.85. The lowest BCUT2D eigenvalue weighted by molar-refractivity contribution is 0.234. The minimum Gasteiger partial charge on any atom is -0.494 e. The molecule has 0 bridgehead atoms. The summed E-state index contributed by atoms with van der Waals surface area (Å²) in [6, 6.07) is 8.85. The van der Waals surface area contributed by atoms with Crippen molar-refractivity contribution in [2.75, 3.05) is 6.61 Å². The molecule has 0 heterocycles. The largest absolute Gasteiger partial charge is 0.494 e. The Morgan fingerprint density at radius 2 is 1.35 bits per heavy atom. The lowest BCUT2D eigenvalue weighted by Gasteiger charge is -2.30. The number of benzene rings is 1. The molecule has 0 amide bonds. The molecular weight excluding hydrogens is 412 g/mol. The van der Waals surface area contributed by atoms with Crippen LogP contribution in [0.3, 0.4) is 0 Å². The molecule has 0 aromatic heterocycles. The third-order valence-corrected chi connectivity index (χ3v) is 8.70. The third kappa shape index (κ3) is 10.6. The second-order valence-corrected chi connectivity index (χ2v) is 11.5. The number of aryl methyl sites for hydroxylation is 1. The van der Waals surface area contributed by atoms with Crippen molar-refractivity contribution >= 4 is 0 Å². The zero-order valence-electron chi connectivity index (χ0n) is 22.7. The summed E-state index contributed by atoms with van der Waals surface area (Å²) in [6.07, 6.45) is 29.2. The Hall–Kier alpha value is -1.24. The van der Waals surface area contributed by atoms with E-state index in [1.807, 2.05) is 0 Å². The molecule has 0 saturated heterocycles. The Balaban J connectivity index is 1.25. The fraction of sp³-hybridized carbons (Fsp3) is 0.758. The van der Waals surface area contributed by atoms with E-state index < -0.39 is 0 Å². The first-order valence-corrected chi connectivity index (χ1v) is 15.2. The first-order valence-electron chi connectivity index (χ1n) is 15.2. The topological polar surface area (TPSA) is 9.23 Å². The van der Waals surface area contributed by atoms with Crippen LogP contribution in [0.4, 0.5) is 0 Å². The van der Waals surface area contributed by atoms with Gasteiger partial charge in [-0.15, -0.1) is 0 Å². The average Bonchev–Trinajstić information content (AvgIpc) is 2.89. The van der Waals surface area contributed by atoms with Gasteiger partial charge in [-0.25, -0.2) is 0 Å². The van der Waals surface area contributed by atoms with Gasteiger partial charge in [0.2, 0.25) is 0 Å².